The van der Waals surface area contributed by atoms with Crippen LogP contribution in [-0.4, -0.2) is 22.8 Å². The molecule has 0 radical (unpaired) electrons. The number of Topliss-reactive ketones (excluding diaryl/α,β-unsaturated/α-hetero) is 1. The molecule has 0 saturated carbocycles. The third kappa shape index (κ3) is 3.10. The molecule has 1 N–H and O–H groups in total. The Morgan fingerprint density at radius 3 is 2.67 bits per heavy atom. The summed E-state index contributed by atoms with van der Waals surface area (Å²) in [6.45, 7) is 1.47. The molecule has 0 spiro atoms. The first-order chi connectivity index (χ1) is 11.5. The predicted molar refractivity (Wildman–Crippen MR) is 91.6 cm³/mol. The normalized spacial score (nSPS) is 12.1. The van der Waals surface area contributed by atoms with Crippen LogP contribution in [0, 0.1) is 5.82 Å². The van der Waals surface area contributed by atoms with E-state index < -0.39 is 17.9 Å². The van der Waals surface area contributed by atoms with Gasteiger partial charge >= 0.3 is 5.97 Å². The summed E-state index contributed by atoms with van der Waals surface area (Å²) in [7, 11) is 0. The lowest BCUT2D eigenvalue weighted by molar-refractivity contribution is 0.0315. The van der Waals surface area contributed by atoms with Crippen LogP contribution in [0.3, 0.4) is 0 Å². The number of carbonyl (C=O) groups excluding carboxylic acids is 2. The number of ketones is 1. The van der Waals surface area contributed by atoms with Crippen molar-refractivity contribution in [2.24, 2.45) is 0 Å². The van der Waals surface area contributed by atoms with E-state index in [1.165, 1.54) is 25.1 Å². The summed E-state index contributed by atoms with van der Waals surface area (Å²) in [6, 6.07) is 11.3. The van der Waals surface area contributed by atoms with Gasteiger partial charge in [0.2, 0.25) is 5.78 Å². The second-order valence-corrected chi connectivity index (χ2v) is 6.20. The van der Waals surface area contributed by atoms with E-state index in [2.05, 4.69) is 20.9 Å². The molecule has 3 aromatic rings. The monoisotopic (exact) mass is 389 g/mol. The van der Waals surface area contributed by atoms with Crippen molar-refractivity contribution in [3.63, 3.8) is 0 Å². The number of H-pyrrole nitrogens is 1. The van der Waals surface area contributed by atoms with Gasteiger partial charge in [-0.15, -0.1) is 0 Å². The minimum Gasteiger partial charge on any atom is -0.451 e. The van der Waals surface area contributed by atoms with Crippen LogP contribution >= 0.6 is 15.9 Å². The molecule has 24 heavy (non-hydrogen) atoms. The van der Waals surface area contributed by atoms with Crippen molar-refractivity contribution in [3.05, 3.63) is 70.1 Å². The van der Waals surface area contributed by atoms with Gasteiger partial charge in [-0.3, -0.25) is 4.79 Å². The highest BCUT2D eigenvalue weighted by Gasteiger charge is 2.24. The number of para-hydroxylation sites is 1. The largest absolute Gasteiger partial charge is 0.451 e. The number of aromatic amines is 1. The standard InChI is InChI=1S/C18H13BrFNO3/c1-10(24-18(23)13-7-6-11(19)8-15(13)20)17(22)14-9-21-16-5-3-2-4-12(14)16/h2-10,21H,1H3/t10-/m1/s1. The first kappa shape index (κ1) is 16.4. The quantitative estimate of drug-likeness (QED) is 0.527. The molecular weight excluding hydrogens is 377 g/mol. The van der Waals surface area contributed by atoms with Crippen LogP contribution in [0.4, 0.5) is 4.39 Å². The third-order valence-corrected chi connectivity index (χ3v) is 4.15. The van der Waals surface area contributed by atoms with Gasteiger partial charge in [0.15, 0.2) is 6.10 Å². The molecule has 1 atom stereocenters. The zero-order valence-electron chi connectivity index (χ0n) is 12.7. The second-order valence-electron chi connectivity index (χ2n) is 5.28. The van der Waals surface area contributed by atoms with Crippen LogP contribution in [0.15, 0.2) is 53.1 Å². The molecule has 3 rings (SSSR count). The van der Waals surface area contributed by atoms with Gasteiger partial charge in [0, 0.05) is 27.1 Å². The van der Waals surface area contributed by atoms with Crippen LogP contribution in [0.5, 0.6) is 0 Å². The van der Waals surface area contributed by atoms with Crippen LogP contribution in [0.2, 0.25) is 0 Å². The number of hydrogen-bond donors (Lipinski definition) is 1. The summed E-state index contributed by atoms with van der Waals surface area (Å²) in [5, 5.41) is 0.750. The van der Waals surface area contributed by atoms with Gasteiger partial charge in [-0.05, 0) is 31.2 Å². The lowest BCUT2D eigenvalue weighted by Gasteiger charge is -2.12. The fraction of sp³-hybridized carbons (Fsp3) is 0.111. The fourth-order valence-electron chi connectivity index (χ4n) is 2.43. The SMILES string of the molecule is C[C@@H](OC(=O)c1ccc(Br)cc1F)C(=O)c1c[nH]c2ccccc12. The average Bonchev–Trinajstić information content (AvgIpc) is 2.97. The van der Waals surface area contributed by atoms with Crippen molar-refractivity contribution >= 4 is 38.6 Å². The van der Waals surface area contributed by atoms with Crippen molar-refractivity contribution in [1.29, 1.82) is 0 Å². The highest BCUT2D eigenvalue weighted by molar-refractivity contribution is 9.10. The number of carbonyl (C=O) groups is 2. The van der Waals surface area contributed by atoms with Crippen molar-refractivity contribution in [2.45, 2.75) is 13.0 Å². The van der Waals surface area contributed by atoms with Gasteiger partial charge in [-0.1, -0.05) is 34.1 Å². The Morgan fingerprint density at radius 1 is 1.17 bits per heavy atom. The maximum Gasteiger partial charge on any atom is 0.341 e. The van der Waals surface area contributed by atoms with Crippen molar-refractivity contribution in [2.75, 3.05) is 0 Å². The van der Waals surface area contributed by atoms with Gasteiger partial charge in [0.05, 0.1) is 5.56 Å². The molecule has 6 heteroatoms. The molecule has 0 fully saturated rings. The van der Waals surface area contributed by atoms with Gasteiger partial charge in [0.1, 0.15) is 5.82 Å². The van der Waals surface area contributed by atoms with E-state index in [4.69, 9.17) is 4.74 Å². The molecule has 1 heterocycles. The zero-order valence-corrected chi connectivity index (χ0v) is 14.3. The van der Waals surface area contributed by atoms with Crippen LogP contribution in [0.1, 0.15) is 27.6 Å². The minimum atomic E-state index is -1.03. The molecular formula is C18H13BrFNO3. The molecule has 1 aromatic heterocycles. The van der Waals surface area contributed by atoms with E-state index in [0.29, 0.717) is 10.0 Å². The molecule has 122 valence electrons. The molecule has 2 aromatic carbocycles. The Kier molecular flexibility index (Phi) is 4.49. The van der Waals surface area contributed by atoms with Gasteiger partial charge in [-0.2, -0.15) is 0 Å². The van der Waals surface area contributed by atoms with E-state index in [9.17, 15) is 14.0 Å². The molecule has 4 nitrogen and oxygen atoms in total. The smallest absolute Gasteiger partial charge is 0.341 e. The number of esters is 1. The summed E-state index contributed by atoms with van der Waals surface area (Å²) in [5.41, 5.74) is 1.04. The van der Waals surface area contributed by atoms with E-state index in [0.717, 1.165) is 10.9 Å². The number of hydrogen-bond acceptors (Lipinski definition) is 3. The Labute approximate surface area is 145 Å². The molecule has 0 unspecified atom stereocenters. The second kappa shape index (κ2) is 6.57. The van der Waals surface area contributed by atoms with E-state index in [-0.39, 0.29) is 11.3 Å². The Bertz CT molecular complexity index is 935. The highest BCUT2D eigenvalue weighted by atomic mass is 79.9. The molecule has 0 aliphatic rings. The number of benzene rings is 2. The van der Waals surface area contributed by atoms with E-state index >= 15 is 0 Å². The Balaban J connectivity index is 1.80. The Hall–Kier alpha value is -2.47. The first-order valence-corrected chi connectivity index (χ1v) is 8.03. The van der Waals surface area contributed by atoms with Gasteiger partial charge < -0.3 is 9.72 Å². The summed E-state index contributed by atoms with van der Waals surface area (Å²) < 4.78 is 19.5. The number of halogens is 2. The van der Waals surface area contributed by atoms with Crippen LogP contribution in [-0.2, 0) is 4.74 Å². The number of ether oxygens (including phenoxy) is 1. The number of nitrogens with one attached hydrogen (secondary N) is 1. The number of aromatic nitrogens is 1. The number of fused-ring (bicyclic) bond motifs is 1. The summed E-state index contributed by atoms with van der Waals surface area (Å²) in [5.74, 6) is -1.93. The molecule has 0 bridgehead atoms. The van der Waals surface area contributed by atoms with Crippen molar-refractivity contribution < 1.29 is 18.7 Å². The zero-order chi connectivity index (χ0) is 17.3. The highest BCUT2D eigenvalue weighted by Crippen LogP contribution is 2.21. The predicted octanol–water partition coefficient (Wildman–Crippen LogP) is 4.50. The number of rotatable bonds is 4. The maximum atomic E-state index is 13.8. The summed E-state index contributed by atoms with van der Waals surface area (Å²) in [6.07, 6.45) is 0.553. The van der Waals surface area contributed by atoms with E-state index in [1.54, 1.807) is 6.20 Å². The van der Waals surface area contributed by atoms with Crippen LogP contribution in [0.25, 0.3) is 10.9 Å². The van der Waals surface area contributed by atoms with E-state index in [1.807, 2.05) is 24.3 Å². The molecule has 0 amide bonds. The molecule has 0 aliphatic heterocycles. The molecule has 0 saturated heterocycles. The lowest BCUT2D eigenvalue weighted by Crippen LogP contribution is -2.24. The van der Waals surface area contributed by atoms with Crippen molar-refractivity contribution in [3.8, 4) is 0 Å². The summed E-state index contributed by atoms with van der Waals surface area (Å²) in [4.78, 5) is 27.6. The maximum absolute atomic E-state index is 13.8. The van der Waals surface area contributed by atoms with Crippen molar-refractivity contribution in [1.82, 2.24) is 4.98 Å². The van der Waals surface area contributed by atoms with Gasteiger partial charge in [0.25, 0.3) is 0 Å². The Morgan fingerprint density at radius 2 is 1.92 bits per heavy atom. The fourth-order valence-corrected chi connectivity index (χ4v) is 2.76. The third-order valence-electron chi connectivity index (χ3n) is 3.66. The topological polar surface area (TPSA) is 59.2 Å². The lowest BCUT2D eigenvalue weighted by atomic mass is 10.1. The summed E-state index contributed by atoms with van der Waals surface area (Å²) >= 11 is 3.12. The minimum absolute atomic E-state index is 0.211. The average molecular weight is 390 g/mol. The van der Waals surface area contributed by atoms with Crippen LogP contribution < -0.4 is 0 Å². The first-order valence-electron chi connectivity index (χ1n) is 7.23. The molecule has 0 aliphatic carbocycles. The van der Waals surface area contributed by atoms with Gasteiger partial charge in [-0.25, -0.2) is 9.18 Å².